The van der Waals surface area contributed by atoms with E-state index in [9.17, 15) is 4.79 Å². The lowest BCUT2D eigenvalue weighted by Crippen LogP contribution is -2.32. The second-order valence-electron chi connectivity index (χ2n) is 4.37. The zero-order valence-corrected chi connectivity index (χ0v) is 10.4. The number of fused-ring (bicyclic) bond motifs is 1. The van der Waals surface area contributed by atoms with Crippen LogP contribution < -0.4 is 5.84 Å². The molecule has 1 aromatic carbocycles. The molecule has 0 aliphatic heterocycles. The van der Waals surface area contributed by atoms with Gasteiger partial charge in [0.25, 0.3) is 0 Å². The second kappa shape index (κ2) is 5.64. The van der Waals surface area contributed by atoms with Crippen LogP contribution in [0.25, 0.3) is 11.1 Å². The van der Waals surface area contributed by atoms with Crippen molar-refractivity contribution in [2.75, 3.05) is 7.05 Å². The Morgan fingerprint density at radius 1 is 1.44 bits per heavy atom. The molecule has 0 aliphatic carbocycles. The summed E-state index contributed by atoms with van der Waals surface area (Å²) >= 11 is 0. The summed E-state index contributed by atoms with van der Waals surface area (Å²) in [5, 5.41) is 1.14. The van der Waals surface area contributed by atoms with E-state index in [1.807, 2.05) is 18.2 Å². The maximum atomic E-state index is 11.3. The highest BCUT2D eigenvalue weighted by Gasteiger charge is 2.04. The summed E-state index contributed by atoms with van der Waals surface area (Å²) in [5.74, 6) is 5.32. The number of unbranched alkanes of at least 4 members (excludes halogenated alkanes) is 1. The lowest BCUT2D eigenvalue weighted by atomic mass is 10.1. The first-order valence-electron chi connectivity index (χ1n) is 6.00. The van der Waals surface area contributed by atoms with E-state index in [0.717, 1.165) is 35.4 Å². The average molecular weight is 247 g/mol. The van der Waals surface area contributed by atoms with Crippen LogP contribution in [0.1, 0.15) is 24.8 Å². The topological polar surface area (TPSA) is 72.4 Å². The summed E-state index contributed by atoms with van der Waals surface area (Å²) in [6, 6.07) is 5.99. The molecule has 1 heterocycles. The zero-order chi connectivity index (χ0) is 13.0. The van der Waals surface area contributed by atoms with Gasteiger partial charge >= 0.3 is 0 Å². The highest BCUT2D eigenvalue weighted by molar-refractivity contribution is 5.75. The minimum atomic E-state index is -0.0271. The van der Waals surface area contributed by atoms with Gasteiger partial charge < -0.3 is 4.42 Å². The predicted octanol–water partition coefficient (Wildman–Crippen LogP) is 1.87. The van der Waals surface area contributed by atoms with Crippen LogP contribution in [-0.2, 0) is 11.2 Å². The number of amides is 1. The molecule has 0 unspecified atom stereocenters. The SMILES string of the molecule is CN(N)C(=O)CCCCc1ccc2ncoc2c1. The minimum Gasteiger partial charge on any atom is -0.443 e. The largest absolute Gasteiger partial charge is 0.443 e. The number of nitrogens with two attached hydrogens (primary N) is 1. The maximum absolute atomic E-state index is 11.3. The van der Waals surface area contributed by atoms with Gasteiger partial charge in [-0.15, -0.1) is 0 Å². The molecule has 5 heteroatoms. The Labute approximate surface area is 106 Å². The van der Waals surface area contributed by atoms with E-state index in [2.05, 4.69) is 4.98 Å². The third-order valence-electron chi connectivity index (χ3n) is 2.90. The fourth-order valence-corrected chi connectivity index (χ4v) is 1.84. The Hall–Kier alpha value is -1.88. The van der Waals surface area contributed by atoms with Crippen LogP contribution >= 0.6 is 0 Å². The Kier molecular flexibility index (Phi) is 3.94. The molecule has 0 fully saturated rings. The van der Waals surface area contributed by atoms with Gasteiger partial charge in [0.05, 0.1) is 0 Å². The molecule has 0 radical (unpaired) electrons. The molecule has 1 amide bonds. The number of carbonyl (C=O) groups is 1. The molecule has 96 valence electrons. The average Bonchev–Trinajstić information content (AvgIpc) is 2.81. The van der Waals surface area contributed by atoms with Crippen molar-refractivity contribution < 1.29 is 9.21 Å². The van der Waals surface area contributed by atoms with E-state index < -0.39 is 0 Å². The fourth-order valence-electron chi connectivity index (χ4n) is 1.84. The van der Waals surface area contributed by atoms with E-state index in [1.54, 1.807) is 7.05 Å². The van der Waals surface area contributed by atoms with Crippen molar-refractivity contribution in [2.24, 2.45) is 5.84 Å². The van der Waals surface area contributed by atoms with Crippen LogP contribution in [0.4, 0.5) is 0 Å². The molecular weight excluding hydrogens is 230 g/mol. The summed E-state index contributed by atoms with van der Waals surface area (Å²) in [5.41, 5.74) is 2.89. The molecule has 2 rings (SSSR count). The number of hydrogen-bond donors (Lipinski definition) is 1. The lowest BCUT2D eigenvalue weighted by molar-refractivity contribution is -0.130. The van der Waals surface area contributed by atoms with E-state index in [0.29, 0.717) is 6.42 Å². The van der Waals surface area contributed by atoms with Gasteiger partial charge in [-0.3, -0.25) is 9.80 Å². The molecule has 1 aromatic heterocycles. The Morgan fingerprint density at radius 2 is 2.28 bits per heavy atom. The van der Waals surface area contributed by atoms with Gasteiger partial charge in [0.15, 0.2) is 12.0 Å². The minimum absolute atomic E-state index is 0.0271. The van der Waals surface area contributed by atoms with Crippen molar-refractivity contribution in [1.29, 1.82) is 0 Å². The van der Waals surface area contributed by atoms with E-state index in [4.69, 9.17) is 10.3 Å². The van der Waals surface area contributed by atoms with Crippen LogP contribution in [0.2, 0.25) is 0 Å². The first-order valence-corrected chi connectivity index (χ1v) is 6.00. The lowest BCUT2D eigenvalue weighted by Gasteiger charge is -2.09. The summed E-state index contributed by atoms with van der Waals surface area (Å²) in [6.07, 6.45) is 4.67. The molecule has 0 spiro atoms. The van der Waals surface area contributed by atoms with Crippen LogP contribution in [0.5, 0.6) is 0 Å². The standard InChI is InChI=1S/C13H17N3O2/c1-16(14)13(17)5-3-2-4-10-6-7-11-12(8-10)18-9-15-11/h6-9H,2-5,14H2,1H3. The number of oxazole rings is 1. The zero-order valence-electron chi connectivity index (χ0n) is 10.4. The number of nitrogens with zero attached hydrogens (tertiary/aromatic N) is 2. The van der Waals surface area contributed by atoms with Crippen LogP contribution in [0.3, 0.4) is 0 Å². The van der Waals surface area contributed by atoms with E-state index in [-0.39, 0.29) is 5.91 Å². The summed E-state index contributed by atoms with van der Waals surface area (Å²) < 4.78 is 5.25. The summed E-state index contributed by atoms with van der Waals surface area (Å²) in [6.45, 7) is 0. The van der Waals surface area contributed by atoms with Crippen molar-refractivity contribution in [1.82, 2.24) is 9.99 Å². The van der Waals surface area contributed by atoms with Crippen molar-refractivity contribution >= 4 is 17.0 Å². The van der Waals surface area contributed by atoms with Gasteiger partial charge in [-0.1, -0.05) is 6.07 Å². The van der Waals surface area contributed by atoms with Gasteiger partial charge in [-0.2, -0.15) is 0 Å². The predicted molar refractivity (Wildman–Crippen MR) is 68.5 cm³/mol. The van der Waals surface area contributed by atoms with Crippen molar-refractivity contribution in [2.45, 2.75) is 25.7 Å². The molecular formula is C13H17N3O2. The number of benzene rings is 1. The first kappa shape index (κ1) is 12.6. The van der Waals surface area contributed by atoms with Gasteiger partial charge in [-0.25, -0.2) is 10.8 Å². The van der Waals surface area contributed by atoms with Gasteiger partial charge in [0, 0.05) is 13.5 Å². The number of rotatable bonds is 5. The molecule has 0 aliphatic rings. The molecule has 2 N–H and O–H groups in total. The van der Waals surface area contributed by atoms with Crippen LogP contribution in [-0.4, -0.2) is 22.9 Å². The molecule has 0 bridgehead atoms. The quantitative estimate of drug-likeness (QED) is 0.379. The fraction of sp³-hybridized carbons (Fsp3) is 0.385. The Balaban J connectivity index is 1.81. The molecule has 0 saturated heterocycles. The van der Waals surface area contributed by atoms with Gasteiger partial charge in [0.1, 0.15) is 5.52 Å². The van der Waals surface area contributed by atoms with E-state index >= 15 is 0 Å². The van der Waals surface area contributed by atoms with Crippen molar-refractivity contribution in [3.8, 4) is 0 Å². The summed E-state index contributed by atoms with van der Waals surface area (Å²) in [4.78, 5) is 15.3. The van der Waals surface area contributed by atoms with E-state index in [1.165, 1.54) is 12.0 Å². The molecule has 2 aromatic rings. The molecule has 0 atom stereocenters. The summed E-state index contributed by atoms with van der Waals surface area (Å²) in [7, 11) is 1.57. The monoisotopic (exact) mass is 247 g/mol. The van der Waals surface area contributed by atoms with Crippen LogP contribution in [0.15, 0.2) is 29.0 Å². The number of carbonyl (C=O) groups excluding carboxylic acids is 1. The van der Waals surface area contributed by atoms with Crippen molar-refractivity contribution in [3.05, 3.63) is 30.2 Å². The highest BCUT2D eigenvalue weighted by Crippen LogP contribution is 2.16. The molecule has 5 nitrogen and oxygen atoms in total. The normalized spacial score (nSPS) is 10.8. The second-order valence-corrected chi connectivity index (χ2v) is 4.37. The smallest absolute Gasteiger partial charge is 0.236 e. The van der Waals surface area contributed by atoms with Crippen molar-refractivity contribution in [3.63, 3.8) is 0 Å². The third kappa shape index (κ3) is 3.07. The number of aryl methyl sites for hydroxylation is 1. The Bertz CT molecular complexity index is 534. The maximum Gasteiger partial charge on any atom is 0.236 e. The number of hydrazine groups is 1. The molecule has 18 heavy (non-hydrogen) atoms. The van der Waals surface area contributed by atoms with Crippen LogP contribution in [0, 0.1) is 0 Å². The Morgan fingerprint density at radius 3 is 3.06 bits per heavy atom. The number of aromatic nitrogens is 1. The first-order chi connectivity index (χ1) is 8.66. The highest BCUT2D eigenvalue weighted by atomic mass is 16.3. The number of hydrogen-bond acceptors (Lipinski definition) is 4. The van der Waals surface area contributed by atoms with Gasteiger partial charge in [-0.05, 0) is 37.0 Å². The molecule has 0 saturated carbocycles. The third-order valence-corrected chi connectivity index (χ3v) is 2.90. The van der Waals surface area contributed by atoms with Gasteiger partial charge in [0.2, 0.25) is 5.91 Å².